The molecule has 3 aromatic carbocycles. The molecular weight excluding hydrogens is 485 g/mol. The number of fused-ring (bicyclic) bond motifs is 2. The number of ether oxygens (including phenoxy) is 1. The van der Waals surface area contributed by atoms with Crippen LogP contribution in [0, 0.1) is 0 Å². The number of benzene rings is 3. The highest BCUT2D eigenvalue weighted by Gasteiger charge is 2.34. The first kappa shape index (κ1) is 20.8. The van der Waals surface area contributed by atoms with Gasteiger partial charge in [0.15, 0.2) is 0 Å². The SMILES string of the molecule is O=C1Oc2c(Br)cccc2C1CCc1ccc(-c2nc3ccc(C(F)(F)F)cc3[nH]2)cc1. The molecule has 1 aliphatic heterocycles. The molecule has 0 spiro atoms. The van der Waals surface area contributed by atoms with Gasteiger partial charge in [-0.1, -0.05) is 36.4 Å². The second kappa shape index (κ2) is 7.78. The molecule has 0 saturated heterocycles. The smallest absolute Gasteiger partial charge is 0.416 e. The summed E-state index contributed by atoms with van der Waals surface area (Å²) in [4.78, 5) is 19.7. The molecule has 4 nitrogen and oxygen atoms in total. The van der Waals surface area contributed by atoms with Crippen LogP contribution >= 0.6 is 15.9 Å². The van der Waals surface area contributed by atoms with Gasteiger partial charge in [0.05, 0.1) is 27.0 Å². The summed E-state index contributed by atoms with van der Waals surface area (Å²) >= 11 is 3.41. The highest BCUT2D eigenvalue weighted by molar-refractivity contribution is 9.10. The van der Waals surface area contributed by atoms with Crippen molar-refractivity contribution in [2.75, 3.05) is 0 Å². The van der Waals surface area contributed by atoms with E-state index in [0.29, 0.717) is 35.4 Å². The molecule has 32 heavy (non-hydrogen) atoms. The van der Waals surface area contributed by atoms with Crippen LogP contribution in [-0.4, -0.2) is 15.9 Å². The van der Waals surface area contributed by atoms with Gasteiger partial charge in [0, 0.05) is 11.1 Å². The van der Waals surface area contributed by atoms with Crippen molar-refractivity contribution in [1.29, 1.82) is 0 Å². The molecule has 0 saturated carbocycles. The maximum absolute atomic E-state index is 12.9. The summed E-state index contributed by atoms with van der Waals surface area (Å²) in [7, 11) is 0. The fraction of sp³-hybridized carbons (Fsp3) is 0.167. The Bertz CT molecular complexity index is 1330. The van der Waals surface area contributed by atoms with E-state index in [9.17, 15) is 18.0 Å². The maximum Gasteiger partial charge on any atom is 0.416 e. The number of hydrogen-bond donors (Lipinski definition) is 1. The van der Waals surface area contributed by atoms with Crippen LogP contribution in [0.3, 0.4) is 0 Å². The zero-order chi connectivity index (χ0) is 22.5. The number of carbonyl (C=O) groups excluding carboxylic acids is 1. The molecule has 1 aromatic heterocycles. The topological polar surface area (TPSA) is 55.0 Å². The zero-order valence-electron chi connectivity index (χ0n) is 16.5. The lowest BCUT2D eigenvalue weighted by atomic mass is 9.93. The van der Waals surface area contributed by atoms with Crippen molar-refractivity contribution in [1.82, 2.24) is 9.97 Å². The van der Waals surface area contributed by atoms with Gasteiger partial charge in [-0.3, -0.25) is 4.79 Å². The van der Waals surface area contributed by atoms with Crippen LogP contribution < -0.4 is 4.74 Å². The number of hydrogen-bond acceptors (Lipinski definition) is 3. The standard InChI is InChI=1S/C24H16BrF3N2O2/c25-18-3-1-2-16-17(23(31)32-21(16)18)10-6-13-4-7-14(8-5-13)22-29-19-11-9-15(24(26,27)28)12-20(19)30-22/h1-5,7-9,11-12,17H,6,10H2,(H,29,30). The third-order valence-electron chi connectivity index (χ3n) is 5.62. The van der Waals surface area contributed by atoms with Crippen molar-refractivity contribution < 1.29 is 22.7 Å². The number of para-hydroxylation sites is 1. The molecule has 0 radical (unpaired) electrons. The van der Waals surface area contributed by atoms with Crippen LogP contribution in [0.5, 0.6) is 5.75 Å². The van der Waals surface area contributed by atoms with Gasteiger partial charge in [-0.2, -0.15) is 13.2 Å². The molecular formula is C24H16BrF3N2O2. The van der Waals surface area contributed by atoms with Gasteiger partial charge in [0.25, 0.3) is 0 Å². The molecule has 1 atom stereocenters. The van der Waals surface area contributed by atoms with E-state index in [1.165, 1.54) is 6.07 Å². The molecule has 4 aromatic rings. The molecule has 5 rings (SSSR count). The lowest BCUT2D eigenvalue weighted by molar-refractivity contribution is -0.137. The van der Waals surface area contributed by atoms with Crippen molar-refractivity contribution in [3.05, 3.63) is 81.8 Å². The van der Waals surface area contributed by atoms with Gasteiger partial charge in [-0.25, -0.2) is 4.98 Å². The number of halogens is 4. The van der Waals surface area contributed by atoms with E-state index in [4.69, 9.17) is 4.74 Å². The van der Waals surface area contributed by atoms with E-state index in [1.54, 1.807) is 0 Å². The average molecular weight is 501 g/mol. The number of nitrogens with zero attached hydrogens (tertiary/aromatic N) is 1. The highest BCUT2D eigenvalue weighted by Crippen LogP contribution is 2.42. The van der Waals surface area contributed by atoms with Gasteiger partial charge in [0.1, 0.15) is 11.6 Å². The number of aryl methyl sites for hydroxylation is 1. The number of imidazole rings is 1. The van der Waals surface area contributed by atoms with Crippen molar-refractivity contribution in [3.63, 3.8) is 0 Å². The summed E-state index contributed by atoms with van der Waals surface area (Å²) < 4.78 is 45.0. The second-order valence-electron chi connectivity index (χ2n) is 7.68. The first-order valence-electron chi connectivity index (χ1n) is 9.96. The fourth-order valence-corrected chi connectivity index (χ4v) is 4.41. The number of H-pyrrole nitrogens is 1. The summed E-state index contributed by atoms with van der Waals surface area (Å²) in [5, 5.41) is 0. The van der Waals surface area contributed by atoms with Crippen LogP contribution in [0.4, 0.5) is 13.2 Å². The molecule has 162 valence electrons. The summed E-state index contributed by atoms with van der Waals surface area (Å²) in [6.45, 7) is 0. The first-order chi connectivity index (χ1) is 15.3. The Morgan fingerprint density at radius 3 is 2.59 bits per heavy atom. The molecule has 0 amide bonds. The van der Waals surface area contributed by atoms with E-state index in [0.717, 1.165) is 33.3 Å². The van der Waals surface area contributed by atoms with Crippen LogP contribution in [0.2, 0.25) is 0 Å². The number of aromatic nitrogens is 2. The Morgan fingerprint density at radius 1 is 1.06 bits per heavy atom. The van der Waals surface area contributed by atoms with Crippen LogP contribution in [0.15, 0.2) is 65.1 Å². The predicted molar refractivity (Wildman–Crippen MR) is 117 cm³/mol. The Balaban J connectivity index is 1.32. The third kappa shape index (κ3) is 3.79. The Morgan fingerprint density at radius 2 is 1.84 bits per heavy atom. The monoisotopic (exact) mass is 500 g/mol. The predicted octanol–water partition coefficient (Wildman–Crippen LogP) is 6.65. The lowest BCUT2D eigenvalue weighted by Crippen LogP contribution is -2.11. The average Bonchev–Trinajstić information content (AvgIpc) is 3.33. The first-order valence-corrected chi connectivity index (χ1v) is 10.8. The van der Waals surface area contributed by atoms with Gasteiger partial charge in [-0.15, -0.1) is 0 Å². The van der Waals surface area contributed by atoms with Crippen molar-refractivity contribution in [2.45, 2.75) is 24.9 Å². The minimum absolute atomic E-state index is 0.246. The van der Waals surface area contributed by atoms with E-state index in [1.807, 2.05) is 42.5 Å². The number of rotatable bonds is 4. The Kier molecular flexibility index (Phi) is 5.04. The molecule has 0 fully saturated rings. The minimum atomic E-state index is -4.40. The van der Waals surface area contributed by atoms with E-state index < -0.39 is 11.7 Å². The van der Waals surface area contributed by atoms with Gasteiger partial charge in [-0.05, 0) is 58.6 Å². The van der Waals surface area contributed by atoms with Crippen molar-refractivity contribution in [3.8, 4) is 17.1 Å². The summed E-state index contributed by atoms with van der Waals surface area (Å²) in [6, 6.07) is 16.7. The normalized spacial score (nSPS) is 15.8. The van der Waals surface area contributed by atoms with Crippen LogP contribution in [0.1, 0.15) is 29.0 Å². The fourth-order valence-electron chi connectivity index (χ4n) is 3.94. The quantitative estimate of drug-likeness (QED) is 0.252. The molecule has 1 unspecified atom stereocenters. The number of aromatic amines is 1. The largest absolute Gasteiger partial charge is 0.425 e. The van der Waals surface area contributed by atoms with Crippen molar-refractivity contribution in [2.24, 2.45) is 0 Å². The second-order valence-corrected chi connectivity index (χ2v) is 8.54. The van der Waals surface area contributed by atoms with Gasteiger partial charge < -0.3 is 9.72 Å². The lowest BCUT2D eigenvalue weighted by Gasteiger charge is -2.08. The summed E-state index contributed by atoms with van der Waals surface area (Å²) in [5.74, 6) is 0.546. The molecule has 1 aliphatic rings. The molecule has 0 aliphatic carbocycles. The number of nitrogens with one attached hydrogen (secondary N) is 1. The van der Waals surface area contributed by atoms with Gasteiger partial charge >= 0.3 is 12.1 Å². The number of carbonyl (C=O) groups is 1. The molecule has 2 heterocycles. The van der Waals surface area contributed by atoms with Crippen LogP contribution in [-0.2, 0) is 17.4 Å². The summed E-state index contributed by atoms with van der Waals surface area (Å²) in [6.07, 6.45) is -3.10. The minimum Gasteiger partial charge on any atom is -0.425 e. The van der Waals surface area contributed by atoms with Crippen molar-refractivity contribution >= 4 is 32.9 Å². The Labute approximate surface area is 189 Å². The maximum atomic E-state index is 12.9. The molecule has 0 bridgehead atoms. The van der Waals surface area contributed by atoms with E-state index in [-0.39, 0.29) is 11.9 Å². The van der Waals surface area contributed by atoms with E-state index in [2.05, 4.69) is 25.9 Å². The number of esters is 1. The van der Waals surface area contributed by atoms with E-state index >= 15 is 0 Å². The molecule has 8 heteroatoms. The summed E-state index contributed by atoms with van der Waals surface area (Å²) in [5.41, 5.74) is 2.80. The zero-order valence-corrected chi connectivity index (χ0v) is 18.1. The van der Waals surface area contributed by atoms with Crippen LogP contribution in [0.25, 0.3) is 22.4 Å². The Hall–Kier alpha value is -3.13. The number of alkyl halides is 3. The highest BCUT2D eigenvalue weighted by atomic mass is 79.9. The third-order valence-corrected chi connectivity index (χ3v) is 6.24. The van der Waals surface area contributed by atoms with Gasteiger partial charge in [0.2, 0.25) is 0 Å². The molecule has 1 N–H and O–H groups in total.